The number of nitrogens with one attached hydrogen (secondary N) is 2. The minimum absolute atomic E-state index is 0.161. The summed E-state index contributed by atoms with van der Waals surface area (Å²) in [5, 5.41) is 6.43. The molecule has 32 heavy (non-hydrogen) atoms. The molecule has 3 aromatic rings. The van der Waals surface area contributed by atoms with Crippen molar-refractivity contribution in [3.8, 4) is 11.5 Å². The van der Waals surface area contributed by atoms with Gasteiger partial charge in [0, 0.05) is 35.8 Å². The normalized spacial score (nSPS) is 15.8. The van der Waals surface area contributed by atoms with Gasteiger partial charge in [-0.15, -0.1) is 0 Å². The number of para-hydroxylation sites is 1. The number of rotatable bonds is 6. The lowest BCUT2D eigenvalue weighted by Crippen LogP contribution is -2.06. The summed E-state index contributed by atoms with van der Waals surface area (Å²) in [7, 11) is 3.17. The van der Waals surface area contributed by atoms with E-state index in [1.807, 2.05) is 42.5 Å². The average molecular weight is 431 g/mol. The van der Waals surface area contributed by atoms with Gasteiger partial charge in [-0.25, -0.2) is 0 Å². The van der Waals surface area contributed by atoms with E-state index in [4.69, 9.17) is 13.9 Å². The molecule has 0 radical (unpaired) electrons. The highest BCUT2D eigenvalue weighted by Crippen LogP contribution is 2.42. The number of aryl methyl sites for hydroxylation is 1. The summed E-state index contributed by atoms with van der Waals surface area (Å²) in [6.07, 6.45) is 6.09. The maximum atomic E-state index is 12.9. The van der Waals surface area contributed by atoms with E-state index < -0.39 is 0 Å². The molecule has 6 nitrogen and oxygen atoms in total. The van der Waals surface area contributed by atoms with Crippen molar-refractivity contribution in [2.75, 3.05) is 24.9 Å². The van der Waals surface area contributed by atoms with Gasteiger partial charge in [-0.1, -0.05) is 18.2 Å². The quantitative estimate of drug-likeness (QED) is 0.521. The molecule has 164 valence electrons. The largest absolute Gasteiger partial charge is 0.493 e. The van der Waals surface area contributed by atoms with Crippen LogP contribution in [0.5, 0.6) is 11.5 Å². The van der Waals surface area contributed by atoms with Crippen LogP contribution in [0, 0.1) is 0 Å². The van der Waals surface area contributed by atoms with Gasteiger partial charge in [0.15, 0.2) is 11.5 Å². The number of furan rings is 1. The van der Waals surface area contributed by atoms with Crippen LogP contribution in [-0.4, -0.2) is 20.1 Å². The second kappa shape index (κ2) is 8.46. The van der Waals surface area contributed by atoms with Gasteiger partial charge >= 0.3 is 0 Å². The summed E-state index contributed by atoms with van der Waals surface area (Å²) in [4.78, 5) is 12.9. The Balaban J connectivity index is 1.55. The number of fused-ring (bicyclic) bond motifs is 2. The van der Waals surface area contributed by atoms with Crippen LogP contribution < -0.4 is 20.1 Å². The van der Waals surface area contributed by atoms with Crippen LogP contribution >= 0.6 is 0 Å². The van der Waals surface area contributed by atoms with Gasteiger partial charge in [-0.05, 0) is 49.1 Å². The summed E-state index contributed by atoms with van der Waals surface area (Å²) in [5.41, 5.74) is 5.50. The highest BCUT2D eigenvalue weighted by Gasteiger charge is 2.29. The van der Waals surface area contributed by atoms with Crippen molar-refractivity contribution in [2.45, 2.75) is 32.2 Å². The summed E-state index contributed by atoms with van der Waals surface area (Å²) < 4.78 is 17.1. The van der Waals surface area contributed by atoms with Crippen molar-refractivity contribution in [1.82, 2.24) is 0 Å². The number of amides is 1. The van der Waals surface area contributed by atoms with Crippen LogP contribution in [0.3, 0.4) is 0 Å². The molecule has 1 aliphatic carbocycles. The number of hydrogen-bond acceptors (Lipinski definition) is 5. The highest BCUT2D eigenvalue weighted by molar-refractivity contribution is 6.35. The molecule has 2 heterocycles. The van der Waals surface area contributed by atoms with E-state index >= 15 is 0 Å². The van der Waals surface area contributed by atoms with E-state index in [-0.39, 0.29) is 5.91 Å². The van der Waals surface area contributed by atoms with Crippen LogP contribution in [0.25, 0.3) is 11.6 Å². The molecule has 1 aliphatic heterocycles. The third-order valence-corrected chi connectivity index (χ3v) is 6.14. The molecule has 2 aromatic carbocycles. The molecule has 0 unspecified atom stereocenters. The van der Waals surface area contributed by atoms with Gasteiger partial charge in [0.1, 0.15) is 11.5 Å². The standard InChI is InChI=1S/C26H26N2O4/c1-30-24-12-18-19(26(29)28-21(18)14-25(24)31-2)13-23-20(15-27-16-8-4-3-5-9-16)17-10-6-7-11-22(17)32-23/h3-5,8-9,12-14,27H,6-7,10-11,15H2,1-2H3,(H,28,29). The molecule has 0 fully saturated rings. The smallest absolute Gasteiger partial charge is 0.256 e. The summed E-state index contributed by atoms with van der Waals surface area (Å²) in [6, 6.07) is 13.7. The van der Waals surface area contributed by atoms with Crippen LogP contribution in [0.15, 0.2) is 46.9 Å². The topological polar surface area (TPSA) is 72.7 Å². The second-order valence-electron chi connectivity index (χ2n) is 8.04. The van der Waals surface area contributed by atoms with Crippen molar-refractivity contribution in [3.05, 3.63) is 70.7 Å². The Labute approximate surface area is 187 Å². The highest BCUT2D eigenvalue weighted by atomic mass is 16.5. The predicted octanol–water partition coefficient (Wildman–Crippen LogP) is 5.28. The zero-order valence-electron chi connectivity index (χ0n) is 18.3. The van der Waals surface area contributed by atoms with E-state index in [1.54, 1.807) is 20.3 Å². The number of hydrogen-bond donors (Lipinski definition) is 2. The lowest BCUT2D eigenvalue weighted by Gasteiger charge is -2.12. The predicted molar refractivity (Wildman–Crippen MR) is 125 cm³/mol. The van der Waals surface area contributed by atoms with Gasteiger partial charge < -0.3 is 24.5 Å². The molecule has 2 N–H and O–H groups in total. The van der Waals surface area contributed by atoms with E-state index in [2.05, 4.69) is 10.6 Å². The Kier molecular flexibility index (Phi) is 5.35. The summed E-state index contributed by atoms with van der Waals surface area (Å²) in [6.45, 7) is 0.641. The first-order valence-corrected chi connectivity index (χ1v) is 10.9. The molecule has 0 spiro atoms. The number of methoxy groups -OCH3 is 2. The minimum Gasteiger partial charge on any atom is -0.493 e. The summed E-state index contributed by atoms with van der Waals surface area (Å²) >= 11 is 0. The Morgan fingerprint density at radius 3 is 2.59 bits per heavy atom. The Morgan fingerprint density at radius 2 is 1.81 bits per heavy atom. The first kappa shape index (κ1) is 20.2. The van der Waals surface area contributed by atoms with Crippen LogP contribution in [0.2, 0.25) is 0 Å². The van der Waals surface area contributed by atoms with Gasteiger partial charge in [0.25, 0.3) is 5.91 Å². The van der Waals surface area contributed by atoms with Crippen LogP contribution in [0.1, 0.15) is 41.1 Å². The van der Waals surface area contributed by atoms with Gasteiger partial charge in [-0.3, -0.25) is 4.79 Å². The number of benzene rings is 2. The molecule has 5 rings (SSSR count). The van der Waals surface area contributed by atoms with E-state index in [1.165, 1.54) is 5.56 Å². The summed E-state index contributed by atoms with van der Waals surface area (Å²) in [5.74, 6) is 2.78. The Hall–Kier alpha value is -3.67. The van der Waals surface area contributed by atoms with Gasteiger partial charge in [0.2, 0.25) is 0 Å². The fourth-order valence-electron chi connectivity index (χ4n) is 4.50. The fourth-order valence-corrected chi connectivity index (χ4v) is 4.50. The number of ether oxygens (including phenoxy) is 2. The zero-order chi connectivity index (χ0) is 22.1. The van der Waals surface area contributed by atoms with Gasteiger partial charge in [0.05, 0.1) is 25.5 Å². The Morgan fingerprint density at radius 1 is 1.06 bits per heavy atom. The first-order valence-electron chi connectivity index (χ1n) is 10.9. The Bertz CT molecular complexity index is 1190. The molecule has 0 bridgehead atoms. The molecular formula is C26H26N2O4. The third-order valence-electron chi connectivity index (χ3n) is 6.14. The monoisotopic (exact) mass is 430 g/mol. The lowest BCUT2D eigenvalue weighted by atomic mass is 9.94. The third kappa shape index (κ3) is 3.62. The van der Waals surface area contributed by atoms with Crippen molar-refractivity contribution in [3.63, 3.8) is 0 Å². The molecule has 6 heteroatoms. The van der Waals surface area contributed by atoms with Crippen molar-refractivity contribution >= 4 is 28.9 Å². The number of anilines is 2. The average Bonchev–Trinajstić information content (AvgIpc) is 3.33. The molecule has 1 aromatic heterocycles. The zero-order valence-corrected chi connectivity index (χ0v) is 18.3. The maximum Gasteiger partial charge on any atom is 0.256 e. The molecule has 2 aliphatic rings. The fraction of sp³-hybridized carbons (Fsp3) is 0.269. The van der Waals surface area contributed by atoms with E-state index in [0.29, 0.717) is 29.3 Å². The minimum atomic E-state index is -0.161. The van der Waals surface area contributed by atoms with Crippen molar-refractivity contribution < 1.29 is 18.7 Å². The molecular weight excluding hydrogens is 404 g/mol. The SMILES string of the molecule is COc1cc2c(cc1OC)C(=Cc1oc3c(c1CNc1ccccc1)CCCC3)C(=O)N2. The molecule has 0 saturated heterocycles. The van der Waals surface area contributed by atoms with E-state index in [9.17, 15) is 4.79 Å². The van der Waals surface area contributed by atoms with Crippen LogP contribution in [-0.2, 0) is 24.2 Å². The lowest BCUT2D eigenvalue weighted by molar-refractivity contribution is -0.110. The molecule has 0 atom stereocenters. The van der Waals surface area contributed by atoms with Crippen molar-refractivity contribution in [2.24, 2.45) is 0 Å². The molecule has 0 saturated carbocycles. The number of carbonyl (C=O) groups is 1. The maximum absolute atomic E-state index is 12.9. The number of carbonyl (C=O) groups excluding carboxylic acids is 1. The first-order chi connectivity index (χ1) is 15.7. The van der Waals surface area contributed by atoms with E-state index in [0.717, 1.165) is 54.0 Å². The second-order valence-corrected chi connectivity index (χ2v) is 8.04. The van der Waals surface area contributed by atoms with Crippen molar-refractivity contribution in [1.29, 1.82) is 0 Å². The van der Waals surface area contributed by atoms with Crippen LogP contribution in [0.4, 0.5) is 11.4 Å². The van der Waals surface area contributed by atoms with Gasteiger partial charge in [-0.2, -0.15) is 0 Å². The molecule has 1 amide bonds.